The van der Waals surface area contributed by atoms with Gasteiger partial charge in [-0.25, -0.2) is 0 Å². The van der Waals surface area contributed by atoms with Crippen LogP contribution < -0.4 is 3.61 Å². The monoisotopic (exact) mass is 368 g/mol. The van der Waals surface area contributed by atoms with Crippen molar-refractivity contribution in [1.29, 1.82) is 0 Å². The van der Waals surface area contributed by atoms with Crippen molar-refractivity contribution in [2.75, 3.05) is 7.11 Å². The van der Waals surface area contributed by atoms with Crippen LogP contribution in [-0.4, -0.2) is 34.0 Å². The van der Waals surface area contributed by atoms with Gasteiger partial charge in [-0.1, -0.05) is 0 Å². The van der Waals surface area contributed by atoms with Crippen LogP contribution in [0.2, 0.25) is 0 Å². The molecule has 0 radical (unpaired) electrons. The van der Waals surface area contributed by atoms with Gasteiger partial charge < -0.3 is 0 Å². The Kier molecular flexibility index (Phi) is 5.20. The molecule has 0 saturated carbocycles. The molecule has 0 aliphatic carbocycles. The number of benzene rings is 2. The molecule has 0 aliphatic rings. The van der Waals surface area contributed by atoms with Crippen LogP contribution in [0.5, 0.6) is 0 Å². The van der Waals surface area contributed by atoms with Gasteiger partial charge in [-0.15, -0.1) is 0 Å². The molecule has 0 atom stereocenters. The molecule has 0 fully saturated rings. The van der Waals surface area contributed by atoms with E-state index in [4.69, 9.17) is 4.74 Å². The van der Waals surface area contributed by atoms with E-state index in [1.807, 2.05) is 48.5 Å². The van der Waals surface area contributed by atoms with Crippen LogP contribution >= 0.6 is 0 Å². The molecule has 0 bridgehead atoms. The number of methoxy groups -OCH3 is 1. The van der Waals surface area contributed by atoms with Gasteiger partial charge in [0, 0.05) is 0 Å². The SMILES string of the molecule is COC(=O)/C=C(/[Te]c1ccccc1)c1ccccc1. The third-order valence-electron chi connectivity index (χ3n) is 2.48. The number of rotatable bonds is 4. The van der Waals surface area contributed by atoms with Crippen LogP contribution in [0.4, 0.5) is 0 Å². The molecular weight excluding hydrogens is 352 g/mol. The Morgan fingerprint density at radius 1 is 1.00 bits per heavy atom. The standard InChI is InChI=1S/C16H14O2Te/c1-18-16(17)12-15(13-8-4-2-5-9-13)19-14-10-6-3-7-11-14/h2-12H,1H3/b15-12+. The minimum absolute atomic E-state index is 0.292. The van der Waals surface area contributed by atoms with Crippen molar-refractivity contribution < 1.29 is 9.53 Å². The van der Waals surface area contributed by atoms with E-state index in [0.717, 1.165) is 9.18 Å². The first kappa shape index (κ1) is 13.9. The summed E-state index contributed by atoms with van der Waals surface area (Å²) >= 11 is -0.598. The summed E-state index contributed by atoms with van der Waals surface area (Å²) in [5, 5.41) is 0. The van der Waals surface area contributed by atoms with E-state index in [1.165, 1.54) is 10.7 Å². The van der Waals surface area contributed by atoms with E-state index >= 15 is 0 Å². The summed E-state index contributed by atoms with van der Waals surface area (Å²) in [6.45, 7) is 0. The van der Waals surface area contributed by atoms with Gasteiger partial charge in [0.15, 0.2) is 0 Å². The van der Waals surface area contributed by atoms with Crippen molar-refractivity contribution >= 4 is 34.1 Å². The number of carbonyl (C=O) groups excluding carboxylic acids is 1. The van der Waals surface area contributed by atoms with Crippen molar-refractivity contribution in [3.05, 3.63) is 72.3 Å². The Bertz CT molecular complexity index is 562. The Hall–Kier alpha value is -1.56. The Balaban J connectivity index is 2.30. The van der Waals surface area contributed by atoms with Gasteiger partial charge in [0.1, 0.15) is 0 Å². The molecule has 0 amide bonds. The summed E-state index contributed by atoms with van der Waals surface area (Å²) in [7, 11) is 1.41. The van der Waals surface area contributed by atoms with Crippen LogP contribution in [0.1, 0.15) is 5.56 Å². The van der Waals surface area contributed by atoms with E-state index in [9.17, 15) is 4.79 Å². The van der Waals surface area contributed by atoms with Crippen LogP contribution in [0.3, 0.4) is 0 Å². The summed E-state index contributed by atoms with van der Waals surface area (Å²) in [6, 6.07) is 20.3. The molecule has 19 heavy (non-hydrogen) atoms. The summed E-state index contributed by atoms with van der Waals surface area (Å²) < 4.78 is 7.13. The van der Waals surface area contributed by atoms with Crippen LogP contribution in [0.15, 0.2) is 66.7 Å². The van der Waals surface area contributed by atoms with Crippen molar-refractivity contribution in [1.82, 2.24) is 0 Å². The van der Waals surface area contributed by atoms with Crippen molar-refractivity contribution in [2.24, 2.45) is 0 Å². The second kappa shape index (κ2) is 7.13. The zero-order valence-electron chi connectivity index (χ0n) is 10.6. The van der Waals surface area contributed by atoms with Gasteiger partial charge in [-0.2, -0.15) is 0 Å². The van der Waals surface area contributed by atoms with Gasteiger partial charge in [0.05, 0.1) is 0 Å². The molecule has 0 saturated heterocycles. The first-order chi connectivity index (χ1) is 9.29. The molecule has 0 heterocycles. The van der Waals surface area contributed by atoms with Gasteiger partial charge in [0.25, 0.3) is 0 Å². The number of hydrogen-bond donors (Lipinski definition) is 0. The average molecular weight is 366 g/mol. The fraction of sp³-hybridized carbons (Fsp3) is 0.0625. The fourth-order valence-corrected chi connectivity index (χ4v) is 4.28. The maximum atomic E-state index is 11.5. The van der Waals surface area contributed by atoms with Gasteiger partial charge >= 0.3 is 123 Å². The van der Waals surface area contributed by atoms with Crippen molar-refractivity contribution in [2.45, 2.75) is 0 Å². The predicted molar refractivity (Wildman–Crippen MR) is 78.3 cm³/mol. The Morgan fingerprint density at radius 2 is 1.58 bits per heavy atom. The molecule has 0 spiro atoms. The van der Waals surface area contributed by atoms with E-state index < -0.39 is 20.9 Å². The quantitative estimate of drug-likeness (QED) is 0.472. The first-order valence-corrected chi connectivity index (χ1v) is 8.20. The average Bonchev–Trinajstić information content (AvgIpc) is 2.48. The van der Waals surface area contributed by atoms with E-state index in [2.05, 4.69) is 12.1 Å². The molecule has 3 heteroatoms. The number of esters is 1. The molecule has 0 aromatic heterocycles. The van der Waals surface area contributed by atoms with Crippen LogP contribution in [0, 0.1) is 0 Å². The molecule has 2 aromatic rings. The number of hydrogen-bond acceptors (Lipinski definition) is 2. The Labute approximate surface area is 123 Å². The van der Waals surface area contributed by atoms with Crippen molar-refractivity contribution in [3.63, 3.8) is 0 Å². The summed E-state index contributed by atoms with van der Waals surface area (Å²) in [5.74, 6) is -0.292. The van der Waals surface area contributed by atoms with Crippen LogP contribution in [-0.2, 0) is 9.53 Å². The number of carbonyl (C=O) groups is 1. The van der Waals surface area contributed by atoms with E-state index in [1.54, 1.807) is 6.08 Å². The maximum absolute atomic E-state index is 11.5. The predicted octanol–water partition coefficient (Wildman–Crippen LogP) is 2.23. The normalized spacial score (nSPS) is 11.1. The molecule has 2 rings (SSSR count). The zero-order chi connectivity index (χ0) is 13.5. The molecule has 96 valence electrons. The summed E-state index contributed by atoms with van der Waals surface area (Å²) in [6.07, 6.45) is 1.62. The second-order valence-electron chi connectivity index (χ2n) is 3.81. The topological polar surface area (TPSA) is 26.3 Å². The van der Waals surface area contributed by atoms with E-state index in [-0.39, 0.29) is 5.97 Å². The zero-order valence-corrected chi connectivity index (χ0v) is 12.9. The molecule has 0 unspecified atom stereocenters. The second-order valence-corrected chi connectivity index (χ2v) is 7.00. The van der Waals surface area contributed by atoms with Gasteiger partial charge in [0.2, 0.25) is 0 Å². The molecule has 2 aromatic carbocycles. The minimum atomic E-state index is -0.598. The van der Waals surface area contributed by atoms with Crippen molar-refractivity contribution in [3.8, 4) is 0 Å². The summed E-state index contributed by atoms with van der Waals surface area (Å²) in [4.78, 5) is 11.5. The summed E-state index contributed by atoms with van der Waals surface area (Å²) in [5.41, 5.74) is 1.10. The molecule has 0 aliphatic heterocycles. The molecule has 0 N–H and O–H groups in total. The third kappa shape index (κ3) is 4.24. The van der Waals surface area contributed by atoms with Gasteiger partial charge in [-0.3, -0.25) is 0 Å². The van der Waals surface area contributed by atoms with Gasteiger partial charge in [-0.05, 0) is 0 Å². The Morgan fingerprint density at radius 3 is 2.16 bits per heavy atom. The van der Waals surface area contributed by atoms with E-state index in [0.29, 0.717) is 0 Å². The first-order valence-electron chi connectivity index (χ1n) is 5.87. The molecular formula is C16H14O2Te. The molecule has 2 nitrogen and oxygen atoms in total. The third-order valence-corrected chi connectivity index (χ3v) is 5.57. The number of ether oxygens (including phenoxy) is 1. The fourth-order valence-electron chi connectivity index (χ4n) is 1.56. The van der Waals surface area contributed by atoms with Crippen LogP contribution in [0.25, 0.3) is 3.62 Å².